The molecule has 1 saturated heterocycles. The van der Waals surface area contributed by atoms with Crippen LogP contribution in [-0.2, 0) is 15.7 Å². The summed E-state index contributed by atoms with van der Waals surface area (Å²) in [5, 5.41) is 9.30. The normalized spacial score (nSPS) is 14.6. The number of pyridine rings is 3. The number of fused-ring (bicyclic) bond motifs is 1. The van der Waals surface area contributed by atoms with Gasteiger partial charge < -0.3 is 29.4 Å². The standard InChI is InChI=1S/C32H38F3N7O4/c1-6-46-26-14-21(13-24(38-26)32(33,34)35)22-15-23(41(4)17-31(2,3)18-45-5)27-29(37-22)40-28(39-27)20-7-8-25(36-16-20)42-11-9-19(10-12-42)30(43)44/h7-8,13-16,19H,6,9-12,17-18H2,1-5H3,(H,43,44)(H,37,39,40). The van der Waals surface area contributed by atoms with Crippen LogP contribution < -0.4 is 14.5 Å². The van der Waals surface area contributed by atoms with E-state index in [1.54, 1.807) is 26.3 Å². The lowest BCUT2D eigenvalue weighted by Crippen LogP contribution is -2.36. The number of nitrogens with zero attached hydrogens (tertiary/aromatic N) is 6. The Balaban J connectivity index is 1.55. The number of aromatic amines is 1. The molecule has 11 nitrogen and oxygen atoms in total. The number of carbonyl (C=O) groups is 1. The predicted octanol–water partition coefficient (Wildman–Crippen LogP) is 5.91. The number of methoxy groups -OCH3 is 1. The van der Waals surface area contributed by atoms with Gasteiger partial charge in [0.2, 0.25) is 5.88 Å². The van der Waals surface area contributed by atoms with Gasteiger partial charge >= 0.3 is 12.1 Å². The first-order valence-corrected chi connectivity index (χ1v) is 15.1. The SMILES string of the molecule is CCOc1cc(-c2cc(N(C)CC(C)(C)COC)c3[nH]c(-c4ccc(N5CCC(C(=O)O)CC5)nc4)nc3n2)cc(C(F)(F)F)n1. The zero-order chi connectivity index (χ0) is 33.2. The van der Waals surface area contributed by atoms with Gasteiger partial charge in [-0.2, -0.15) is 13.2 Å². The third-order valence-electron chi connectivity index (χ3n) is 7.92. The fraction of sp³-hybridized carbons (Fsp3) is 0.469. The van der Waals surface area contributed by atoms with Crippen molar-refractivity contribution in [2.24, 2.45) is 11.3 Å². The molecule has 5 heterocycles. The Morgan fingerprint density at radius 2 is 1.85 bits per heavy atom. The van der Waals surface area contributed by atoms with Crippen LogP contribution >= 0.6 is 0 Å². The number of rotatable bonds is 11. The number of alkyl halides is 3. The average molecular weight is 642 g/mol. The number of piperidine rings is 1. The summed E-state index contributed by atoms with van der Waals surface area (Å²) in [6.07, 6.45) is -1.88. The van der Waals surface area contributed by atoms with Crippen molar-refractivity contribution in [2.75, 3.05) is 56.8 Å². The van der Waals surface area contributed by atoms with Crippen molar-refractivity contribution in [1.29, 1.82) is 0 Å². The van der Waals surface area contributed by atoms with Crippen molar-refractivity contribution < 1.29 is 32.5 Å². The van der Waals surface area contributed by atoms with E-state index in [1.165, 1.54) is 6.07 Å². The summed E-state index contributed by atoms with van der Waals surface area (Å²) in [4.78, 5) is 36.4. The number of aromatic nitrogens is 5. The molecule has 1 aliphatic rings. The molecule has 4 aromatic heterocycles. The second kappa shape index (κ2) is 13.1. The smallest absolute Gasteiger partial charge is 0.433 e. The van der Waals surface area contributed by atoms with Gasteiger partial charge in [0.15, 0.2) is 5.65 Å². The van der Waals surface area contributed by atoms with Crippen LogP contribution in [-0.4, -0.2) is 83.0 Å². The van der Waals surface area contributed by atoms with E-state index in [0.717, 1.165) is 11.9 Å². The molecule has 4 aromatic rings. The minimum absolute atomic E-state index is 0.147. The largest absolute Gasteiger partial charge is 0.481 e. The molecule has 0 atom stereocenters. The van der Waals surface area contributed by atoms with Crippen molar-refractivity contribution >= 4 is 28.6 Å². The molecule has 14 heteroatoms. The first-order valence-electron chi connectivity index (χ1n) is 15.1. The number of ether oxygens (including phenoxy) is 2. The highest BCUT2D eigenvalue weighted by atomic mass is 19.4. The molecule has 2 N–H and O–H groups in total. The predicted molar refractivity (Wildman–Crippen MR) is 168 cm³/mol. The molecule has 0 aromatic carbocycles. The fourth-order valence-corrected chi connectivity index (χ4v) is 5.81. The van der Waals surface area contributed by atoms with Crippen LogP contribution in [0.3, 0.4) is 0 Å². The molecular formula is C32H38F3N7O4. The van der Waals surface area contributed by atoms with Crippen LogP contribution in [0.15, 0.2) is 36.5 Å². The Morgan fingerprint density at radius 3 is 2.46 bits per heavy atom. The Labute approximate surface area is 264 Å². The topological polar surface area (TPSA) is 130 Å². The molecule has 0 spiro atoms. The first kappa shape index (κ1) is 32.9. The van der Waals surface area contributed by atoms with Gasteiger partial charge in [-0.25, -0.2) is 19.9 Å². The lowest BCUT2D eigenvalue weighted by atomic mass is 9.94. The van der Waals surface area contributed by atoms with Crippen LogP contribution in [0.5, 0.6) is 5.88 Å². The monoisotopic (exact) mass is 641 g/mol. The lowest BCUT2D eigenvalue weighted by molar-refractivity contribution is -0.142. The second-order valence-electron chi connectivity index (χ2n) is 12.3. The molecule has 0 unspecified atom stereocenters. The highest BCUT2D eigenvalue weighted by Crippen LogP contribution is 2.37. The molecule has 1 fully saturated rings. The van der Waals surface area contributed by atoms with Gasteiger partial charge in [0, 0.05) is 62.6 Å². The van der Waals surface area contributed by atoms with E-state index in [4.69, 9.17) is 14.5 Å². The van der Waals surface area contributed by atoms with Gasteiger partial charge in [0.25, 0.3) is 0 Å². The Hall–Kier alpha value is -4.46. The van der Waals surface area contributed by atoms with E-state index < -0.39 is 17.8 Å². The zero-order valence-electron chi connectivity index (χ0n) is 26.5. The number of aliphatic carboxylic acids is 1. The summed E-state index contributed by atoms with van der Waals surface area (Å²) >= 11 is 0. The molecule has 0 radical (unpaired) electrons. The molecule has 0 saturated carbocycles. The minimum Gasteiger partial charge on any atom is -0.481 e. The van der Waals surface area contributed by atoms with Crippen molar-refractivity contribution in [2.45, 2.75) is 39.8 Å². The van der Waals surface area contributed by atoms with E-state index in [2.05, 4.69) is 38.7 Å². The highest BCUT2D eigenvalue weighted by molar-refractivity contribution is 5.91. The maximum absolute atomic E-state index is 13.8. The van der Waals surface area contributed by atoms with Gasteiger partial charge in [-0.05, 0) is 44.0 Å². The molecule has 46 heavy (non-hydrogen) atoms. The van der Waals surface area contributed by atoms with Crippen molar-refractivity contribution in [3.8, 4) is 28.5 Å². The van der Waals surface area contributed by atoms with Crippen molar-refractivity contribution in [3.63, 3.8) is 0 Å². The average Bonchev–Trinajstić information content (AvgIpc) is 3.44. The maximum atomic E-state index is 13.8. The molecule has 1 aliphatic heterocycles. The van der Waals surface area contributed by atoms with E-state index in [9.17, 15) is 23.1 Å². The number of halogens is 3. The number of nitrogens with one attached hydrogen (secondary N) is 1. The molecule has 0 amide bonds. The lowest BCUT2D eigenvalue weighted by Gasteiger charge is -2.31. The molecule has 0 aliphatic carbocycles. The van der Waals surface area contributed by atoms with E-state index in [-0.39, 0.29) is 35.1 Å². The zero-order valence-corrected chi connectivity index (χ0v) is 26.5. The van der Waals surface area contributed by atoms with Gasteiger partial charge in [-0.1, -0.05) is 13.8 Å². The van der Waals surface area contributed by atoms with E-state index in [0.29, 0.717) is 67.3 Å². The number of hydrogen-bond acceptors (Lipinski definition) is 9. The Kier molecular flexibility index (Phi) is 9.38. The van der Waals surface area contributed by atoms with Gasteiger partial charge in [0.1, 0.15) is 22.9 Å². The highest BCUT2D eigenvalue weighted by Gasteiger charge is 2.34. The van der Waals surface area contributed by atoms with E-state index in [1.807, 2.05) is 24.1 Å². The Bertz CT molecular complexity index is 1680. The second-order valence-corrected chi connectivity index (χ2v) is 12.3. The van der Waals surface area contributed by atoms with Crippen LogP contribution in [0, 0.1) is 11.3 Å². The number of carboxylic acids is 1. The quantitative estimate of drug-likeness (QED) is 0.204. The Morgan fingerprint density at radius 1 is 1.11 bits per heavy atom. The van der Waals surface area contributed by atoms with E-state index >= 15 is 0 Å². The molecule has 5 rings (SSSR count). The van der Waals surface area contributed by atoms with Crippen LogP contribution in [0.1, 0.15) is 39.3 Å². The molecule has 0 bridgehead atoms. The minimum atomic E-state index is -4.68. The summed E-state index contributed by atoms with van der Waals surface area (Å²) in [6.45, 7) is 8.22. The number of H-pyrrole nitrogens is 1. The molecular weight excluding hydrogens is 603 g/mol. The summed E-state index contributed by atoms with van der Waals surface area (Å²) in [5.74, 6) is -0.0143. The number of imidazole rings is 1. The number of anilines is 2. The molecule has 246 valence electrons. The van der Waals surface area contributed by atoms with Gasteiger partial charge in [0.05, 0.1) is 30.5 Å². The van der Waals surface area contributed by atoms with Gasteiger partial charge in [-0.3, -0.25) is 4.79 Å². The summed E-state index contributed by atoms with van der Waals surface area (Å²) in [6, 6.07) is 7.89. The maximum Gasteiger partial charge on any atom is 0.433 e. The summed E-state index contributed by atoms with van der Waals surface area (Å²) in [7, 11) is 3.54. The number of hydrogen-bond donors (Lipinski definition) is 2. The third kappa shape index (κ3) is 7.33. The van der Waals surface area contributed by atoms with Crippen molar-refractivity contribution in [1.82, 2.24) is 24.9 Å². The van der Waals surface area contributed by atoms with Crippen LogP contribution in [0.2, 0.25) is 0 Å². The summed E-state index contributed by atoms with van der Waals surface area (Å²) in [5.41, 5.74) is 1.48. The third-order valence-corrected chi connectivity index (χ3v) is 7.92. The first-order chi connectivity index (χ1) is 21.8. The van der Waals surface area contributed by atoms with Crippen LogP contribution in [0.4, 0.5) is 24.7 Å². The van der Waals surface area contributed by atoms with Gasteiger partial charge in [-0.15, -0.1) is 0 Å². The summed E-state index contributed by atoms with van der Waals surface area (Å²) < 4.78 is 52.2. The fourth-order valence-electron chi connectivity index (χ4n) is 5.81. The number of carboxylic acid groups (broad SMARTS) is 1. The van der Waals surface area contributed by atoms with Crippen LogP contribution in [0.25, 0.3) is 33.8 Å². The van der Waals surface area contributed by atoms with Crippen molar-refractivity contribution in [3.05, 3.63) is 42.2 Å².